The molecule has 0 aliphatic heterocycles. The molecule has 0 bridgehead atoms. The van der Waals surface area contributed by atoms with Gasteiger partial charge in [-0.1, -0.05) is 34.6 Å². The zero-order valence-electron chi connectivity index (χ0n) is 12.0. The van der Waals surface area contributed by atoms with E-state index in [1.807, 2.05) is 0 Å². The molecule has 0 fully saturated rings. The average molecular weight is 228 g/mol. The standard InChI is InChI=1S/C14H32N2/c1-6-14(11-15)16(9-7-12(2)3)10-8-13(4)5/h12-14H,6-11,15H2,1-5H3. The maximum absolute atomic E-state index is 5.86. The number of nitrogens with zero attached hydrogens (tertiary/aromatic N) is 1. The molecule has 0 saturated heterocycles. The second kappa shape index (κ2) is 9.00. The zero-order valence-corrected chi connectivity index (χ0v) is 12.0. The minimum Gasteiger partial charge on any atom is -0.329 e. The van der Waals surface area contributed by atoms with Crippen molar-refractivity contribution in [2.45, 2.75) is 59.9 Å². The van der Waals surface area contributed by atoms with E-state index in [0.29, 0.717) is 6.04 Å². The third kappa shape index (κ3) is 7.24. The highest BCUT2D eigenvalue weighted by Gasteiger charge is 2.15. The quantitative estimate of drug-likeness (QED) is 0.657. The first-order chi connectivity index (χ1) is 7.51. The molecule has 0 aromatic heterocycles. The highest BCUT2D eigenvalue weighted by atomic mass is 15.2. The Morgan fingerprint density at radius 3 is 1.62 bits per heavy atom. The Hall–Kier alpha value is -0.0800. The van der Waals surface area contributed by atoms with Gasteiger partial charge >= 0.3 is 0 Å². The van der Waals surface area contributed by atoms with Crippen molar-refractivity contribution in [1.82, 2.24) is 4.90 Å². The molecule has 0 amide bonds. The summed E-state index contributed by atoms with van der Waals surface area (Å²) in [5, 5.41) is 0. The van der Waals surface area contributed by atoms with Crippen LogP contribution in [0, 0.1) is 11.8 Å². The van der Waals surface area contributed by atoms with Gasteiger partial charge in [-0.2, -0.15) is 0 Å². The van der Waals surface area contributed by atoms with Gasteiger partial charge in [0.25, 0.3) is 0 Å². The highest BCUT2D eigenvalue weighted by Crippen LogP contribution is 2.11. The van der Waals surface area contributed by atoms with Crippen LogP contribution in [0.2, 0.25) is 0 Å². The lowest BCUT2D eigenvalue weighted by Crippen LogP contribution is -2.42. The van der Waals surface area contributed by atoms with E-state index in [1.165, 1.54) is 32.4 Å². The van der Waals surface area contributed by atoms with Crippen LogP contribution in [-0.2, 0) is 0 Å². The number of nitrogens with two attached hydrogens (primary N) is 1. The highest BCUT2D eigenvalue weighted by molar-refractivity contribution is 4.72. The van der Waals surface area contributed by atoms with Gasteiger partial charge in [0.2, 0.25) is 0 Å². The van der Waals surface area contributed by atoms with Crippen molar-refractivity contribution in [3.05, 3.63) is 0 Å². The molecule has 2 N–H and O–H groups in total. The molecule has 0 radical (unpaired) electrons. The lowest BCUT2D eigenvalue weighted by molar-refractivity contribution is 0.176. The molecule has 1 atom stereocenters. The molecule has 0 aliphatic carbocycles. The van der Waals surface area contributed by atoms with E-state index >= 15 is 0 Å². The van der Waals surface area contributed by atoms with Crippen LogP contribution in [0.15, 0.2) is 0 Å². The summed E-state index contributed by atoms with van der Waals surface area (Å²) in [6.07, 6.45) is 3.75. The molecule has 0 aromatic carbocycles. The fourth-order valence-corrected chi connectivity index (χ4v) is 1.90. The Balaban J connectivity index is 4.13. The summed E-state index contributed by atoms with van der Waals surface area (Å²) in [5.41, 5.74) is 5.86. The van der Waals surface area contributed by atoms with E-state index in [2.05, 4.69) is 39.5 Å². The molecule has 1 unspecified atom stereocenters. The zero-order chi connectivity index (χ0) is 12.6. The Morgan fingerprint density at radius 2 is 1.38 bits per heavy atom. The summed E-state index contributed by atoms with van der Waals surface area (Å²) in [6.45, 7) is 14.6. The molecule has 16 heavy (non-hydrogen) atoms. The monoisotopic (exact) mass is 228 g/mol. The van der Waals surface area contributed by atoms with Gasteiger partial charge in [0.1, 0.15) is 0 Å². The van der Waals surface area contributed by atoms with Gasteiger partial charge in [0.15, 0.2) is 0 Å². The van der Waals surface area contributed by atoms with Crippen LogP contribution < -0.4 is 5.73 Å². The minimum absolute atomic E-state index is 0.581. The van der Waals surface area contributed by atoms with Crippen molar-refractivity contribution in [3.63, 3.8) is 0 Å². The molecule has 0 spiro atoms. The maximum Gasteiger partial charge on any atom is 0.0215 e. The first-order valence-electron chi connectivity index (χ1n) is 6.95. The summed E-state index contributed by atoms with van der Waals surface area (Å²) in [4.78, 5) is 2.60. The van der Waals surface area contributed by atoms with Gasteiger partial charge < -0.3 is 5.73 Å². The summed E-state index contributed by atoms with van der Waals surface area (Å²) < 4.78 is 0. The van der Waals surface area contributed by atoms with Gasteiger partial charge in [-0.25, -0.2) is 0 Å². The van der Waals surface area contributed by atoms with Gasteiger partial charge in [0.05, 0.1) is 0 Å². The first kappa shape index (κ1) is 15.9. The van der Waals surface area contributed by atoms with Crippen molar-refractivity contribution in [2.24, 2.45) is 17.6 Å². The summed E-state index contributed by atoms with van der Waals surface area (Å²) in [6, 6.07) is 0.581. The van der Waals surface area contributed by atoms with Gasteiger partial charge in [-0.15, -0.1) is 0 Å². The van der Waals surface area contributed by atoms with E-state index in [-0.39, 0.29) is 0 Å². The fourth-order valence-electron chi connectivity index (χ4n) is 1.90. The van der Waals surface area contributed by atoms with E-state index in [9.17, 15) is 0 Å². The average Bonchev–Trinajstić information content (AvgIpc) is 2.22. The third-order valence-electron chi connectivity index (χ3n) is 3.25. The second-order valence-electron chi connectivity index (χ2n) is 5.70. The summed E-state index contributed by atoms with van der Waals surface area (Å²) in [7, 11) is 0. The van der Waals surface area contributed by atoms with Crippen LogP contribution in [0.25, 0.3) is 0 Å². The normalized spacial score (nSPS) is 14.1. The van der Waals surface area contributed by atoms with Crippen molar-refractivity contribution >= 4 is 0 Å². The number of rotatable bonds is 9. The van der Waals surface area contributed by atoms with Crippen molar-refractivity contribution in [3.8, 4) is 0 Å². The molecule has 0 saturated carbocycles. The molecule has 0 rings (SSSR count). The Bertz CT molecular complexity index is 139. The predicted molar refractivity (Wildman–Crippen MR) is 73.6 cm³/mol. The Labute approximate surface area is 103 Å². The van der Waals surface area contributed by atoms with E-state index in [0.717, 1.165) is 18.4 Å². The summed E-state index contributed by atoms with van der Waals surface area (Å²) >= 11 is 0. The number of hydrogen-bond acceptors (Lipinski definition) is 2. The third-order valence-corrected chi connectivity index (χ3v) is 3.25. The topological polar surface area (TPSA) is 29.3 Å². The van der Waals surface area contributed by atoms with Gasteiger partial charge in [-0.05, 0) is 44.2 Å². The molecule has 0 heterocycles. The fraction of sp³-hybridized carbons (Fsp3) is 1.00. The number of hydrogen-bond donors (Lipinski definition) is 1. The van der Waals surface area contributed by atoms with Gasteiger partial charge in [0, 0.05) is 12.6 Å². The van der Waals surface area contributed by atoms with Crippen LogP contribution in [0.4, 0.5) is 0 Å². The second-order valence-corrected chi connectivity index (χ2v) is 5.70. The Morgan fingerprint density at radius 1 is 0.938 bits per heavy atom. The van der Waals surface area contributed by atoms with Crippen molar-refractivity contribution in [1.29, 1.82) is 0 Å². The predicted octanol–water partition coefficient (Wildman–Crippen LogP) is 3.12. The van der Waals surface area contributed by atoms with E-state index in [1.54, 1.807) is 0 Å². The molecule has 2 nitrogen and oxygen atoms in total. The van der Waals surface area contributed by atoms with E-state index in [4.69, 9.17) is 5.73 Å². The molecular weight excluding hydrogens is 196 g/mol. The lowest BCUT2D eigenvalue weighted by atomic mass is 10.1. The first-order valence-corrected chi connectivity index (χ1v) is 6.95. The van der Waals surface area contributed by atoms with Crippen LogP contribution in [0.1, 0.15) is 53.9 Å². The van der Waals surface area contributed by atoms with Crippen molar-refractivity contribution in [2.75, 3.05) is 19.6 Å². The molecule has 98 valence electrons. The molecule has 0 aromatic rings. The Kier molecular flexibility index (Phi) is 8.96. The largest absolute Gasteiger partial charge is 0.329 e. The minimum atomic E-state index is 0.581. The smallest absolute Gasteiger partial charge is 0.0215 e. The molecule has 0 aliphatic rings. The van der Waals surface area contributed by atoms with Crippen LogP contribution in [0.3, 0.4) is 0 Å². The van der Waals surface area contributed by atoms with Crippen LogP contribution >= 0.6 is 0 Å². The SMILES string of the molecule is CCC(CN)N(CCC(C)C)CCC(C)C. The molecular formula is C14H32N2. The lowest BCUT2D eigenvalue weighted by Gasteiger charge is -2.31. The van der Waals surface area contributed by atoms with Crippen molar-refractivity contribution < 1.29 is 0 Å². The van der Waals surface area contributed by atoms with E-state index < -0.39 is 0 Å². The van der Waals surface area contributed by atoms with Gasteiger partial charge in [-0.3, -0.25) is 4.90 Å². The molecule has 2 heteroatoms. The van der Waals surface area contributed by atoms with Crippen LogP contribution in [0.5, 0.6) is 0 Å². The summed E-state index contributed by atoms with van der Waals surface area (Å²) in [5.74, 6) is 1.58. The van der Waals surface area contributed by atoms with Crippen LogP contribution in [-0.4, -0.2) is 30.6 Å². The maximum atomic E-state index is 5.86.